The molecule has 0 bridgehead atoms. The fourth-order valence-electron chi connectivity index (χ4n) is 1.91. The van der Waals surface area contributed by atoms with Gasteiger partial charge < -0.3 is 14.6 Å². The molecule has 2 rings (SSSR count). The molecular formula is C13H18O3. The Kier molecular flexibility index (Phi) is 4.19. The normalized spacial score (nSPS) is 21.9. The molecule has 1 aromatic rings. The third-order valence-electron chi connectivity index (χ3n) is 2.93. The molecule has 0 aromatic heterocycles. The molecule has 16 heavy (non-hydrogen) atoms. The largest absolute Gasteiger partial charge is 0.493 e. The first-order valence-electron chi connectivity index (χ1n) is 5.80. The van der Waals surface area contributed by atoms with Crippen LogP contribution in [0.4, 0.5) is 0 Å². The predicted molar refractivity (Wildman–Crippen MR) is 61.5 cm³/mol. The first kappa shape index (κ1) is 11.4. The number of para-hydroxylation sites is 1. The third-order valence-corrected chi connectivity index (χ3v) is 2.93. The van der Waals surface area contributed by atoms with E-state index in [0.29, 0.717) is 25.6 Å². The van der Waals surface area contributed by atoms with E-state index in [-0.39, 0.29) is 6.10 Å². The summed E-state index contributed by atoms with van der Waals surface area (Å²) >= 11 is 0. The maximum Gasteiger partial charge on any atom is 0.119 e. The number of hydrogen-bond acceptors (Lipinski definition) is 3. The highest BCUT2D eigenvalue weighted by atomic mass is 16.5. The zero-order chi connectivity index (χ0) is 11.2. The van der Waals surface area contributed by atoms with Crippen molar-refractivity contribution in [1.29, 1.82) is 0 Å². The molecule has 3 nitrogen and oxygen atoms in total. The third kappa shape index (κ3) is 3.22. The number of ether oxygens (including phenoxy) is 2. The van der Waals surface area contributed by atoms with Crippen LogP contribution in [0.5, 0.6) is 5.75 Å². The Morgan fingerprint density at radius 2 is 2.19 bits per heavy atom. The van der Waals surface area contributed by atoms with Crippen molar-refractivity contribution in [1.82, 2.24) is 0 Å². The number of aliphatic hydroxyl groups excluding tert-OH is 1. The Hall–Kier alpha value is -1.06. The van der Waals surface area contributed by atoms with Gasteiger partial charge in [0.25, 0.3) is 0 Å². The van der Waals surface area contributed by atoms with Crippen molar-refractivity contribution in [3.63, 3.8) is 0 Å². The zero-order valence-corrected chi connectivity index (χ0v) is 9.34. The van der Waals surface area contributed by atoms with E-state index in [1.807, 2.05) is 30.3 Å². The summed E-state index contributed by atoms with van der Waals surface area (Å²) in [7, 11) is 0. The zero-order valence-electron chi connectivity index (χ0n) is 9.34. The summed E-state index contributed by atoms with van der Waals surface area (Å²) in [6.07, 6.45) is 1.33. The van der Waals surface area contributed by atoms with Gasteiger partial charge >= 0.3 is 0 Å². The smallest absolute Gasteiger partial charge is 0.119 e. The summed E-state index contributed by atoms with van der Waals surface area (Å²) < 4.78 is 10.8. The van der Waals surface area contributed by atoms with E-state index in [4.69, 9.17) is 9.47 Å². The van der Waals surface area contributed by atoms with Crippen molar-refractivity contribution in [2.75, 3.05) is 19.8 Å². The summed E-state index contributed by atoms with van der Waals surface area (Å²) in [6, 6.07) is 9.68. The Morgan fingerprint density at radius 3 is 2.88 bits per heavy atom. The molecule has 2 unspecified atom stereocenters. The second-order valence-electron chi connectivity index (χ2n) is 4.14. The minimum absolute atomic E-state index is 0.291. The van der Waals surface area contributed by atoms with Crippen LogP contribution >= 0.6 is 0 Å². The molecule has 1 aliphatic rings. The van der Waals surface area contributed by atoms with Crippen LogP contribution in [-0.4, -0.2) is 31.0 Å². The summed E-state index contributed by atoms with van der Waals surface area (Å²) in [5, 5.41) is 9.87. The SMILES string of the molecule is OC(CCOc1ccccc1)C1CCOC1. The second-order valence-corrected chi connectivity index (χ2v) is 4.14. The lowest BCUT2D eigenvalue weighted by atomic mass is 10.00. The quantitative estimate of drug-likeness (QED) is 0.826. The highest BCUT2D eigenvalue weighted by molar-refractivity contribution is 5.20. The van der Waals surface area contributed by atoms with E-state index in [0.717, 1.165) is 18.8 Å². The number of benzene rings is 1. The molecule has 0 amide bonds. The van der Waals surface area contributed by atoms with E-state index in [1.54, 1.807) is 0 Å². The van der Waals surface area contributed by atoms with E-state index < -0.39 is 0 Å². The van der Waals surface area contributed by atoms with Gasteiger partial charge in [0.2, 0.25) is 0 Å². The van der Waals surface area contributed by atoms with Gasteiger partial charge in [-0.1, -0.05) is 18.2 Å². The molecule has 1 aliphatic heterocycles. The van der Waals surface area contributed by atoms with Crippen LogP contribution in [0, 0.1) is 5.92 Å². The lowest BCUT2D eigenvalue weighted by Crippen LogP contribution is -2.22. The molecular weight excluding hydrogens is 204 g/mol. The fourth-order valence-corrected chi connectivity index (χ4v) is 1.91. The number of hydrogen-bond donors (Lipinski definition) is 1. The molecule has 0 aliphatic carbocycles. The van der Waals surface area contributed by atoms with E-state index >= 15 is 0 Å². The monoisotopic (exact) mass is 222 g/mol. The molecule has 0 saturated carbocycles. The predicted octanol–water partition coefficient (Wildman–Crippen LogP) is 1.85. The van der Waals surface area contributed by atoms with Gasteiger partial charge in [0, 0.05) is 18.9 Å². The van der Waals surface area contributed by atoms with Gasteiger partial charge in [-0.25, -0.2) is 0 Å². The van der Waals surface area contributed by atoms with Crippen molar-refractivity contribution < 1.29 is 14.6 Å². The highest BCUT2D eigenvalue weighted by Crippen LogP contribution is 2.19. The van der Waals surface area contributed by atoms with Crippen molar-refractivity contribution >= 4 is 0 Å². The van der Waals surface area contributed by atoms with Crippen molar-refractivity contribution in [3.8, 4) is 5.75 Å². The average Bonchev–Trinajstić information content (AvgIpc) is 2.84. The minimum Gasteiger partial charge on any atom is -0.493 e. The first-order chi connectivity index (χ1) is 7.86. The summed E-state index contributed by atoms with van der Waals surface area (Å²) in [4.78, 5) is 0. The van der Waals surface area contributed by atoms with Gasteiger partial charge in [-0.05, 0) is 18.6 Å². The van der Waals surface area contributed by atoms with Crippen LogP contribution in [0.3, 0.4) is 0 Å². The maximum atomic E-state index is 9.87. The first-order valence-corrected chi connectivity index (χ1v) is 5.80. The molecule has 0 spiro atoms. The Morgan fingerprint density at radius 1 is 1.38 bits per heavy atom. The molecule has 1 aromatic carbocycles. The molecule has 3 heteroatoms. The van der Waals surface area contributed by atoms with Crippen LogP contribution in [0.25, 0.3) is 0 Å². The lowest BCUT2D eigenvalue weighted by molar-refractivity contribution is 0.0722. The second kappa shape index (κ2) is 5.87. The average molecular weight is 222 g/mol. The molecule has 2 atom stereocenters. The summed E-state index contributed by atoms with van der Waals surface area (Å²) in [6.45, 7) is 2.02. The van der Waals surface area contributed by atoms with Crippen LogP contribution in [-0.2, 0) is 4.74 Å². The van der Waals surface area contributed by atoms with Crippen molar-refractivity contribution in [2.45, 2.75) is 18.9 Å². The highest BCUT2D eigenvalue weighted by Gasteiger charge is 2.23. The lowest BCUT2D eigenvalue weighted by Gasteiger charge is -2.16. The molecule has 1 N–H and O–H groups in total. The summed E-state index contributed by atoms with van der Waals surface area (Å²) in [5.74, 6) is 1.15. The van der Waals surface area contributed by atoms with Crippen LogP contribution in [0.15, 0.2) is 30.3 Å². The fraction of sp³-hybridized carbons (Fsp3) is 0.538. The topological polar surface area (TPSA) is 38.7 Å². The molecule has 1 saturated heterocycles. The van der Waals surface area contributed by atoms with Crippen LogP contribution < -0.4 is 4.74 Å². The van der Waals surface area contributed by atoms with Crippen LogP contribution in [0.2, 0.25) is 0 Å². The minimum atomic E-state index is -0.300. The van der Waals surface area contributed by atoms with Crippen LogP contribution in [0.1, 0.15) is 12.8 Å². The maximum absolute atomic E-state index is 9.87. The Bertz CT molecular complexity index is 293. The van der Waals surface area contributed by atoms with E-state index in [1.165, 1.54) is 0 Å². The van der Waals surface area contributed by atoms with Gasteiger partial charge in [-0.3, -0.25) is 0 Å². The Labute approximate surface area is 96.0 Å². The van der Waals surface area contributed by atoms with Crippen molar-refractivity contribution in [3.05, 3.63) is 30.3 Å². The van der Waals surface area contributed by atoms with Gasteiger partial charge in [0.05, 0.1) is 19.3 Å². The summed E-state index contributed by atoms with van der Waals surface area (Å²) in [5.41, 5.74) is 0. The van der Waals surface area contributed by atoms with Gasteiger partial charge in [-0.15, -0.1) is 0 Å². The standard InChI is InChI=1S/C13H18O3/c14-13(11-6-8-15-10-11)7-9-16-12-4-2-1-3-5-12/h1-5,11,13-14H,6-10H2. The van der Waals surface area contributed by atoms with E-state index in [9.17, 15) is 5.11 Å². The van der Waals surface area contributed by atoms with Gasteiger partial charge in [0.1, 0.15) is 5.75 Å². The number of aliphatic hydroxyl groups is 1. The number of rotatable bonds is 5. The molecule has 1 fully saturated rings. The van der Waals surface area contributed by atoms with Gasteiger partial charge in [-0.2, -0.15) is 0 Å². The van der Waals surface area contributed by atoms with Crippen molar-refractivity contribution in [2.24, 2.45) is 5.92 Å². The molecule has 88 valence electrons. The molecule has 1 heterocycles. The van der Waals surface area contributed by atoms with E-state index in [2.05, 4.69) is 0 Å². The molecule has 0 radical (unpaired) electrons. The van der Waals surface area contributed by atoms with Gasteiger partial charge in [0.15, 0.2) is 0 Å². The Balaban J connectivity index is 1.67.